The largest absolute Gasteiger partial charge is 0.488 e. The van der Waals surface area contributed by atoms with Gasteiger partial charge in [-0.05, 0) is 31.7 Å². The van der Waals surface area contributed by atoms with Crippen molar-refractivity contribution in [2.45, 2.75) is 38.3 Å². The maximum absolute atomic E-state index is 12.3. The lowest BCUT2D eigenvalue weighted by Crippen LogP contribution is -2.31. The first-order chi connectivity index (χ1) is 13.6. The van der Waals surface area contributed by atoms with E-state index in [1.54, 1.807) is 12.3 Å². The van der Waals surface area contributed by atoms with Gasteiger partial charge < -0.3 is 15.5 Å². The van der Waals surface area contributed by atoms with Gasteiger partial charge in [0.05, 0.1) is 12.3 Å². The molecule has 11 nitrogen and oxygen atoms in total. The monoisotopic (exact) mass is 385 g/mol. The summed E-state index contributed by atoms with van der Waals surface area (Å²) in [5.74, 6) is 5.44. The van der Waals surface area contributed by atoms with Crippen LogP contribution in [0.25, 0.3) is 11.4 Å². The maximum Gasteiger partial charge on any atom is 0.244 e. The van der Waals surface area contributed by atoms with E-state index in [0.717, 1.165) is 38.8 Å². The number of ether oxygens (including phenoxy) is 1. The number of amidine groups is 1. The second-order valence-corrected chi connectivity index (χ2v) is 6.84. The van der Waals surface area contributed by atoms with Gasteiger partial charge in [-0.15, -0.1) is 10.2 Å². The molecule has 3 heterocycles. The summed E-state index contributed by atoms with van der Waals surface area (Å²) in [6.45, 7) is 1.75. The van der Waals surface area contributed by atoms with Crippen molar-refractivity contribution in [1.29, 1.82) is 5.41 Å². The molecule has 28 heavy (non-hydrogen) atoms. The van der Waals surface area contributed by atoms with E-state index in [2.05, 4.69) is 25.6 Å². The van der Waals surface area contributed by atoms with Gasteiger partial charge in [0.15, 0.2) is 5.84 Å². The van der Waals surface area contributed by atoms with E-state index in [1.807, 2.05) is 4.90 Å². The summed E-state index contributed by atoms with van der Waals surface area (Å²) >= 11 is 0. The van der Waals surface area contributed by atoms with Gasteiger partial charge in [0.1, 0.15) is 23.7 Å². The summed E-state index contributed by atoms with van der Waals surface area (Å²) < 4.78 is 7.45. The Bertz CT molecular complexity index is 919. The van der Waals surface area contributed by atoms with Crippen LogP contribution in [0.15, 0.2) is 28.8 Å². The number of rotatable bonds is 6. The zero-order chi connectivity index (χ0) is 19.5. The van der Waals surface area contributed by atoms with Crippen molar-refractivity contribution < 1.29 is 11.0 Å². The molecule has 1 saturated heterocycles. The third kappa shape index (κ3) is 3.97. The molecule has 1 saturated carbocycles. The third-order valence-electron chi connectivity index (χ3n) is 4.64. The van der Waals surface area contributed by atoms with Crippen molar-refractivity contribution >= 4 is 11.7 Å². The Morgan fingerprint density at radius 2 is 2.18 bits per heavy atom. The summed E-state index contributed by atoms with van der Waals surface area (Å²) in [7, 11) is 0. The molecule has 3 N–H and O–H groups in total. The Kier molecular flexibility index (Phi) is 4.96. The van der Waals surface area contributed by atoms with Crippen molar-refractivity contribution in [3.63, 3.8) is 0 Å². The SMILES string of the molecule is N=C(N=NN)c1cnc(-c2cn(CC(=O)N3CCCC3)nn2)c(OC2CC2)c1.[HH]. The lowest BCUT2D eigenvalue weighted by molar-refractivity contribution is -0.130. The minimum absolute atomic E-state index is 0. The Morgan fingerprint density at radius 3 is 2.89 bits per heavy atom. The van der Waals surface area contributed by atoms with Crippen molar-refractivity contribution in [3.05, 3.63) is 24.0 Å². The van der Waals surface area contributed by atoms with Crippen molar-refractivity contribution in [2.75, 3.05) is 13.1 Å². The van der Waals surface area contributed by atoms with E-state index in [9.17, 15) is 4.79 Å². The summed E-state index contributed by atoms with van der Waals surface area (Å²) in [4.78, 5) is 18.5. The van der Waals surface area contributed by atoms with Crippen LogP contribution in [0.1, 0.15) is 32.7 Å². The number of aromatic nitrogens is 4. The molecule has 11 heteroatoms. The average molecular weight is 385 g/mol. The van der Waals surface area contributed by atoms with Crippen LogP contribution in [0.3, 0.4) is 0 Å². The van der Waals surface area contributed by atoms with Crippen LogP contribution in [0.5, 0.6) is 5.75 Å². The molecule has 1 aliphatic carbocycles. The number of hydrogen-bond donors (Lipinski definition) is 2. The normalized spacial score (nSPS) is 16.6. The first-order valence-electron chi connectivity index (χ1n) is 9.19. The second kappa shape index (κ2) is 7.71. The first-order valence-corrected chi connectivity index (χ1v) is 9.19. The number of likely N-dealkylation sites (tertiary alicyclic amines) is 1. The molecule has 2 fully saturated rings. The van der Waals surface area contributed by atoms with Crippen molar-refractivity contribution in [1.82, 2.24) is 24.9 Å². The fraction of sp³-hybridized carbons (Fsp3) is 0.471. The Hall–Kier alpha value is -3.37. The third-order valence-corrected chi connectivity index (χ3v) is 4.64. The predicted octanol–water partition coefficient (Wildman–Crippen LogP) is 1.40. The summed E-state index contributed by atoms with van der Waals surface area (Å²) in [5.41, 5.74) is 1.45. The highest BCUT2D eigenvalue weighted by molar-refractivity contribution is 5.97. The fourth-order valence-corrected chi connectivity index (χ4v) is 3.03. The van der Waals surface area contributed by atoms with Crippen molar-refractivity contribution in [2.24, 2.45) is 16.2 Å². The molecule has 1 amide bonds. The van der Waals surface area contributed by atoms with Gasteiger partial charge in [-0.25, -0.2) is 9.67 Å². The highest BCUT2D eigenvalue weighted by Crippen LogP contribution is 2.33. The van der Waals surface area contributed by atoms with Gasteiger partial charge in [0.25, 0.3) is 0 Å². The first kappa shape index (κ1) is 18.0. The van der Waals surface area contributed by atoms with E-state index < -0.39 is 0 Å². The van der Waals surface area contributed by atoms with Crippen LogP contribution in [0.4, 0.5) is 0 Å². The van der Waals surface area contributed by atoms with Crippen LogP contribution in [0.2, 0.25) is 0 Å². The van der Waals surface area contributed by atoms with Crippen molar-refractivity contribution in [3.8, 4) is 17.1 Å². The van der Waals surface area contributed by atoms with Gasteiger partial charge in [-0.2, -0.15) is 0 Å². The van der Waals surface area contributed by atoms with Gasteiger partial charge in [0.2, 0.25) is 5.91 Å². The molecule has 148 valence electrons. The Labute approximate surface area is 162 Å². The number of pyridine rings is 1. The molecule has 1 aliphatic heterocycles. The smallest absolute Gasteiger partial charge is 0.244 e. The maximum atomic E-state index is 12.3. The van der Waals surface area contributed by atoms with Crippen LogP contribution in [0, 0.1) is 5.41 Å². The Morgan fingerprint density at radius 1 is 1.39 bits per heavy atom. The number of hydrogen-bond acceptors (Lipinski definition) is 7. The summed E-state index contributed by atoms with van der Waals surface area (Å²) in [5, 5.41) is 22.7. The molecule has 0 bridgehead atoms. The standard InChI is InChI=1S/C17H21N9O2.H2/c18-17(22-23-19)11-7-14(28-12-3-4-12)16(20-8-11)13-9-26(24-21-13)10-15(27)25-5-1-2-6-25;/h7-9,12H,1-6,10H2,(H3,18,19,22);1H. The van der Waals surface area contributed by atoms with E-state index in [-0.39, 0.29) is 25.8 Å². The molecule has 0 radical (unpaired) electrons. The number of nitrogens with one attached hydrogen (secondary N) is 1. The van der Waals surface area contributed by atoms with Gasteiger partial charge >= 0.3 is 0 Å². The molecular formula is C17H23N9O2. The van der Waals surface area contributed by atoms with Gasteiger partial charge in [-0.1, -0.05) is 10.4 Å². The lowest BCUT2D eigenvalue weighted by Gasteiger charge is -2.14. The average Bonchev–Trinajstić information content (AvgIpc) is 3.16. The predicted molar refractivity (Wildman–Crippen MR) is 101 cm³/mol. The molecule has 2 aliphatic rings. The van der Waals surface area contributed by atoms with E-state index in [4.69, 9.17) is 16.0 Å². The molecule has 0 unspecified atom stereocenters. The molecule has 2 aromatic rings. The van der Waals surface area contributed by atoms with Crippen LogP contribution in [-0.2, 0) is 11.3 Å². The topological polar surface area (TPSA) is 148 Å². The highest BCUT2D eigenvalue weighted by atomic mass is 16.5. The Balaban J connectivity index is 0.00000240. The number of nitrogens with two attached hydrogens (primary N) is 1. The molecule has 0 atom stereocenters. The quantitative estimate of drug-likeness (QED) is 0.252. The van der Waals surface area contributed by atoms with E-state index in [0.29, 0.717) is 22.7 Å². The zero-order valence-corrected chi connectivity index (χ0v) is 15.3. The minimum atomic E-state index is -0.109. The fourth-order valence-electron chi connectivity index (χ4n) is 3.03. The summed E-state index contributed by atoms with van der Waals surface area (Å²) in [6, 6.07) is 1.67. The van der Waals surface area contributed by atoms with Gasteiger partial charge in [0, 0.05) is 26.3 Å². The minimum Gasteiger partial charge on any atom is -0.488 e. The molecule has 0 aromatic carbocycles. The number of nitrogens with zero attached hydrogens (tertiary/aromatic N) is 7. The molecule has 4 rings (SSSR count). The number of carbonyl (C=O) groups excluding carboxylic acids is 1. The molecule has 0 spiro atoms. The molecular weight excluding hydrogens is 362 g/mol. The lowest BCUT2D eigenvalue weighted by atomic mass is 10.2. The number of amides is 1. The van der Waals surface area contributed by atoms with Crippen LogP contribution >= 0.6 is 0 Å². The highest BCUT2D eigenvalue weighted by Gasteiger charge is 2.26. The molecule has 2 aromatic heterocycles. The van der Waals surface area contributed by atoms with Gasteiger partial charge in [-0.3, -0.25) is 10.2 Å². The summed E-state index contributed by atoms with van der Waals surface area (Å²) in [6.07, 6.45) is 7.34. The van der Waals surface area contributed by atoms with Crippen LogP contribution < -0.4 is 10.6 Å². The van der Waals surface area contributed by atoms with E-state index >= 15 is 0 Å². The second-order valence-electron chi connectivity index (χ2n) is 6.84. The van der Waals surface area contributed by atoms with Crippen LogP contribution in [-0.4, -0.2) is 55.8 Å². The zero-order valence-electron chi connectivity index (χ0n) is 15.3. The van der Waals surface area contributed by atoms with E-state index in [1.165, 1.54) is 10.9 Å². The number of carbonyl (C=O) groups is 1.